The van der Waals surface area contributed by atoms with Crippen molar-refractivity contribution in [3.63, 3.8) is 0 Å². The maximum absolute atomic E-state index is 8.43. The van der Waals surface area contributed by atoms with Crippen molar-refractivity contribution in [2.24, 2.45) is 5.92 Å². The van der Waals surface area contributed by atoms with Crippen LogP contribution in [-0.2, 0) is 26.5 Å². The number of benzene rings is 5. The number of aromatic nitrogens is 2. The first-order valence-electron chi connectivity index (χ1n) is 19.4. The number of hydrogen-bond acceptors (Lipinski definition) is 3. The van der Waals surface area contributed by atoms with Crippen LogP contribution in [0.5, 0.6) is 0 Å². The molecule has 3 heterocycles. The molecular formula is C44H36IrN2O-2. The molecule has 0 bridgehead atoms. The van der Waals surface area contributed by atoms with Gasteiger partial charge in [-0.15, -0.1) is 47.5 Å². The van der Waals surface area contributed by atoms with Crippen molar-refractivity contribution >= 4 is 32.7 Å². The van der Waals surface area contributed by atoms with Crippen LogP contribution in [0, 0.1) is 31.8 Å². The van der Waals surface area contributed by atoms with Gasteiger partial charge in [-0.2, -0.15) is 0 Å². The van der Waals surface area contributed by atoms with Crippen LogP contribution in [0.1, 0.15) is 41.5 Å². The van der Waals surface area contributed by atoms with Crippen LogP contribution in [0.4, 0.5) is 0 Å². The molecule has 0 saturated heterocycles. The number of nitrogens with zero attached hydrogens (tertiary/aromatic N) is 2. The van der Waals surface area contributed by atoms with Gasteiger partial charge in [0.2, 0.25) is 0 Å². The van der Waals surface area contributed by atoms with E-state index < -0.39 is 20.1 Å². The van der Waals surface area contributed by atoms with Crippen molar-refractivity contribution in [2.45, 2.75) is 33.9 Å². The van der Waals surface area contributed by atoms with Gasteiger partial charge in [0.25, 0.3) is 0 Å². The number of fused-ring (bicyclic) bond motifs is 5. The molecule has 0 spiro atoms. The Morgan fingerprint density at radius 2 is 1.60 bits per heavy atom. The molecule has 0 N–H and O–H groups in total. The molecule has 5 aromatic carbocycles. The molecule has 0 atom stereocenters. The summed E-state index contributed by atoms with van der Waals surface area (Å²) in [6.07, 6.45) is 1.54. The van der Waals surface area contributed by atoms with E-state index in [1.54, 1.807) is 24.4 Å². The summed E-state index contributed by atoms with van der Waals surface area (Å²) >= 11 is 0. The maximum atomic E-state index is 8.43. The van der Waals surface area contributed by atoms with E-state index in [4.69, 9.17) is 15.4 Å². The van der Waals surface area contributed by atoms with Crippen LogP contribution in [0.3, 0.4) is 0 Å². The molecule has 8 rings (SSSR count). The Kier molecular flexibility index (Phi) is 7.32. The summed E-state index contributed by atoms with van der Waals surface area (Å²) in [6, 6.07) is 41.6. The van der Waals surface area contributed by atoms with Crippen molar-refractivity contribution in [2.75, 3.05) is 0 Å². The molecule has 3 aromatic heterocycles. The Morgan fingerprint density at radius 3 is 2.40 bits per heavy atom. The number of furan rings is 1. The molecule has 8 aromatic rings. The Bertz CT molecular complexity index is 2630. The SMILES string of the molecule is [2H]C([2H])([2H])c1ccc(-c2[c-]cc(C([2H])([2H])[2H])c(-c3ccccc3)c2)nc1.[2H]C([2H])(c1ccnc(-c2[c-]ccc3c2oc2c4ccccc4ccc32)c1)C(C)C.[Ir]. The van der Waals surface area contributed by atoms with Crippen molar-refractivity contribution in [1.82, 2.24) is 9.97 Å². The number of rotatable bonds is 5. The zero-order chi connectivity index (χ0) is 39.1. The zero-order valence-electron chi connectivity index (χ0n) is 34.3. The summed E-state index contributed by atoms with van der Waals surface area (Å²) in [7, 11) is 0. The minimum Gasteiger partial charge on any atom is -0.500 e. The van der Waals surface area contributed by atoms with Crippen molar-refractivity contribution < 1.29 is 35.5 Å². The van der Waals surface area contributed by atoms with Crippen LogP contribution in [0.25, 0.3) is 66.4 Å². The molecule has 0 aliphatic carbocycles. The fourth-order valence-corrected chi connectivity index (χ4v) is 5.70. The van der Waals surface area contributed by atoms with Crippen LogP contribution >= 0.6 is 0 Å². The zero-order valence-corrected chi connectivity index (χ0v) is 28.7. The largest absolute Gasteiger partial charge is 0.500 e. The molecule has 3 nitrogen and oxygen atoms in total. The molecule has 0 unspecified atom stereocenters. The molecule has 1 radical (unpaired) electrons. The topological polar surface area (TPSA) is 38.9 Å². The quantitative estimate of drug-likeness (QED) is 0.163. The van der Waals surface area contributed by atoms with Gasteiger partial charge in [0.05, 0.1) is 5.58 Å². The summed E-state index contributed by atoms with van der Waals surface area (Å²) in [5, 5.41) is 4.28. The van der Waals surface area contributed by atoms with Crippen LogP contribution < -0.4 is 0 Å². The van der Waals surface area contributed by atoms with Gasteiger partial charge >= 0.3 is 0 Å². The molecule has 0 fully saturated rings. The van der Waals surface area contributed by atoms with Crippen LogP contribution in [0.2, 0.25) is 0 Å². The summed E-state index contributed by atoms with van der Waals surface area (Å²) < 4.78 is 68.8. The minimum absolute atomic E-state index is 0. The Morgan fingerprint density at radius 1 is 0.771 bits per heavy atom. The van der Waals surface area contributed by atoms with E-state index >= 15 is 0 Å². The van der Waals surface area contributed by atoms with Gasteiger partial charge in [0.1, 0.15) is 5.58 Å². The second-order valence-corrected chi connectivity index (χ2v) is 11.6. The second kappa shape index (κ2) is 14.5. The monoisotopic (exact) mass is 809 g/mol. The van der Waals surface area contributed by atoms with Crippen LogP contribution in [-0.4, -0.2) is 9.97 Å². The molecule has 0 amide bonds. The number of aryl methyl sites for hydroxylation is 2. The van der Waals surface area contributed by atoms with Gasteiger partial charge in [0, 0.05) is 54.2 Å². The molecule has 0 aliphatic heterocycles. The molecule has 239 valence electrons. The summed E-state index contributed by atoms with van der Waals surface area (Å²) in [4.78, 5) is 8.72. The van der Waals surface area contributed by atoms with E-state index in [9.17, 15) is 0 Å². The van der Waals surface area contributed by atoms with E-state index in [-0.39, 0.29) is 37.2 Å². The Hall–Kier alpha value is -4.89. The standard InChI is InChI=1S/C25H20NO.C19H16N.Ir/c1-16(2)14-17-12-13-26-23(15-17)22-9-5-8-20-21-11-10-18-6-3-4-7-19(18)24(21)27-25(20)22;1-14-8-11-19(20-13-14)17-10-9-15(2)18(12-17)16-6-4-3-5-7-16;/h3-8,10-13,15-16H,14H2,1-2H3;3-9,11-13H,1-2H3;/q2*-1;/i14D2;1D3,2D3;. The smallest absolute Gasteiger partial charge is 0.128 e. The predicted molar refractivity (Wildman–Crippen MR) is 195 cm³/mol. The summed E-state index contributed by atoms with van der Waals surface area (Å²) in [6.45, 7) is -0.705. The Balaban J connectivity index is 0.000000188. The van der Waals surface area contributed by atoms with Gasteiger partial charge in [-0.1, -0.05) is 128 Å². The number of hydrogen-bond donors (Lipinski definition) is 0. The Labute approximate surface area is 307 Å². The fraction of sp³-hybridized carbons (Fsp3) is 0.136. The minimum atomic E-state index is -2.27. The van der Waals surface area contributed by atoms with E-state index in [0.29, 0.717) is 28.1 Å². The van der Waals surface area contributed by atoms with Gasteiger partial charge in [0.15, 0.2) is 0 Å². The maximum Gasteiger partial charge on any atom is 0.128 e. The normalized spacial score (nSPS) is 14.3. The summed E-state index contributed by atoms with van der Waals surface area (Å²) in [5.41, 5.74) is 6.50. The average molecular weight is 809 g/mol. The fourth-order valence-electron chi connectivity index (χ4n) is 5.70. The second-order valence-electron chi connectivity index (χ2n) is 11.6. The van der Waals surface area contributed by atoms with Crippen molar-refractivity contribution in [3.8, 4) is 33.6 Å². The summed E-state index contributed by atoms with van der Waals surface area (Å²) in [5.74, 6) is -0.143. The first-order chi connectivity index (χ1) is 26.1. The predicted octanol–water partition coefficient (Wildman–Crippen LogP) is 11.6. The van der Waals surface area contributed by atoms with Gasteiger partial charge in [-0.3, -0.25) is 0 Å². The third-order valence-electron chi connectivity index (χ3n) is 7.87. The first-order valence-corrected chi connectivity index (χ1v) is 15.4. The first kappa shape index (κ1) is 24.3. The third kappa shape index (κ3) is 6.87. The van der Waals surface area contributed by atoms with E-state index in [1.165, 1.54) is 18.3 Å². The molecule has 48 heavy (non-hydrogen) atoms. The van der Waals surface area contributed by atoms with E-state index in [0.717, 1.165) is 43.8 Å². The van der Waals surface area contributed by atoms with Gasteiger partial charge in [-0.25, -0.2) is 0 Å². The van der Waals surface area contributed by atoms with Gasteiger partial charge in [-0.05, 0) is 53.1 Å². The number of pyridine rings is 2. The van der Waals surface area contributed by atoms with E-state index in [1.807, 2.05) is 74.5 Å². The van der Waals surface area contributed by atoms with Crippen molar-refractivity contribution in [1.29, 1.82) is 0 Å². The van der Waals surface area contributed by atoms with Crippen LogP contribution in [0.15, 0.2) is 132 Å². The van der Waals surface area contributed by atoms with E-state index in [2.05, 4.69) is 46.4 Å². The molecule has 0 aliphatic rings. The molecular weight excluding hydrogens is 765 g/mol. The third-order valence-corrected chi connectivity index (χ3v) is 7.87. The average Bonchev–Trinajstić information content (AvgIpc) is 3.57. The van der Waals surface area contributed by atoms with Gasteiger partial charge < -0.3 is 14.4 Å². The molecule has 0 saturated carbocycles. The molecule has 4 heteroatoms. The van der Waals surface area contributed by atoms with Crippen molar-refractivity contribution in [3.05, 3.63) is 156 Å².